The van der Waals surface area contributed by atoms with Crippen LogP contribution in [-0.2, 0) is 38.3 Å². The highest BCUT2D eigenvalue weighted by Gasteiger charge is 2.23. The van der Waals surface area contributed by atoms with Crippen molar-refractivity contribution in [1.29, 1.82) is 0 Å². The van der Waals surface area contributed by atoms with Crippen molar-refractivity contribution in [3.05, 3.63) is 119 Å². The van der Waals surface area contributed by atoms with E-state index in [1.54, 1.807) is 6.92 Å². The van der Waals surface area contributed by atoms with E-state index in [0.717, 1.165) is 53.4 Å². The van der Waals surface area contributed by atoms with Crippen molar-refractivity contribution in [2.45, 2.75) is 116 Å². The standard InChI is InChI=1S/C45H58O5/c1-7-9-10-11-34-14-20-38(21-15-34)39-22-16-35(17-23-39)12-13-36-18-24-40(25-19-36)43-27-26-41(28-37(43)8-2)42(29-49-44(47)31(3)4)30-50-45(48)32(5)33(6)46/h16-19,22-28,33-34,38,42,46H,3,5,7-15,20-21,29-30H2,1-2,4,6H3. The summed E-state index contributed by atoms with van der Waals surface area (Å²) in [5.74, 6) is 0.108. The summed E-state index contributed by atoms with van der Waals surface area (Å²) < 4.78 is 10.9. The van der Waals surface area contributed by atoms with E-state index in [4.69, 9.17) is 9.47 Å². The lowest BCUT2D eigenvalue weighted by molar-refractivity contribution is -0.143. The molecule has 0 saturated heterocycles. The van der Waals surface area contributed by atoms with Crippen LogP contribution in [0.3, 0.4) is 0 Å². The van der Waals surface area contributed by atoms with Gasteiger partial charge in [0.05, 0.1) is 17.6 Å². The van der Waals surface area contributed by atoms with E-state index in [9.17, 15) is 14.7 Å². The number of benzene rings is 3. The SMILES string of the molecule is C=C(C)C(=O)OCC(COC(=O)C(=C)C(C)O)c1ccc(-c2ccc(CCc3ccc(C4CCC(CCCCC)CC4)cc3)cc2)c(CC)c1. The van der Waals surface area contributed by atoms with Crippen LogP contribution in [0.15, 0.2) is 91.0 Å². The molecular weight excluding hydrogens is 620 g/mol. The average molecular weight is 679 g/mol. The average Bonchev–Trinajstić information content (AvgIpc) is 3.14. The van der Waals surface area contributed by atoms with E-state index in [-0.39, 0.29) is 18.8 Å². The monoisotopic (exact) mass is 678 g/mol. The molecule has 0 amide bonds. The van der Waals surface area contributed by atoms with Crippen molar-refractivity contribution in [2.24, 2.45) is 5.92 Å². The first kappa shape index (κ1) is 38.8. The van der Waals surface area contributed by atoms with Crippen molar-refractivity contribution < 1.29 is 24.2 Å². The van der Waals surface area contributed by atoms with E-state index < -0.39 is 24.0 Å². The number of aliphatic hydroxyl groups is 1. The Labute approximate surface area is 300 Å². The number of rotatable bonds is 18. The fourth-order valence-electron chi connectivity index (χ4n) is 6.98. The lowest BCUT2D eigenvalue weighted by atomic mass is 9.77. The Balaban J connectivity index is 1.36. The molecule has 4 rings (SSSR count). The molecule has 50 heavy (non-hydrogen) atoms. The molecule has 1 saturated carbocycles. The molecular formula is C45H58O5. The first-order chi connectivity index (χ1) is 24.1. The first-order valence-electron chi connectivity index (χ1n) is 18.8. The second-order valence-electron chi connectivity index (χ2n) is 14.3. The quantitative estimate of drug-likeness (QED) is 0.0824. The molecule has 0 radical (unpaired) electrons. The molecule has 0 aromatic heterocycles. The van der Waals surface area contributed by atoms with E-state index in [2.05, 4.69) is 87.7 Å². The van der Waals surface area contributed by atoms with Gasteiger partial charge in [0.25, 0.3) is 0 Å². The van der Waals surface area contributed by atoms with Crippen LogP contribution in [0.25, 0.3) is 11.1 Å². The maximum atomic E-state index is 12.4. The van der Waals surface area contributed by atoms with Crippen LogP contribution < -0.4 is 0 Å². The van der Waals surface area contributed by atoms with Crippen LogP contribution >= 0.6 is 0 Å². The number of hydrogen-bond acceptors (Lipinski definition) is 5. The minimum Gasteiger partial charge on any atom is -0.462 e. The zero-order valence-corrected chi connectivity index (χ0v) is 30.8. The van der Waals surface area contributed by atoms with Crippen molar-refractivity contribution in [3.8, 4) is 11.1 Å². The molecule has 0 bridgehead atoms. The summed E-state index contributed by atoms with van der Waals surface area (Å²) in [6, 6.07) is 24.5. The zero-order valence-electron chi connectivity index (χ0n) is 30.8. The van der Waals surface area contributed by atoms with Crippen LogP contribution in [-0.4, -0.2) is 36.4 Å². The number of aryl methyl sites for hydroxylation is 3. The van der Waals surface area contributed by atoms with Gasteiger partial charge < -0.3 is 14.6 Å². The van der Waals surface area contributed by atoms with E-state index >= 15 is 0 Å². The number of carbonyl (C=O) groups is 2. The van der Waals surface area contributed by atoms with Gasteiger partial charge in [0.15, 0.2) is 0 Å². The topological polar surface area (TPSA) is 72.8 Å². The highest BCUT2D eigenvalue weighted by atomic mass is 16.5. The van der Waals surface area contributed by atoms with Crippen LogP contribution in [0.5, 0.6) is 0 Å². The van der Waals surface area contributed by atoms with E-state index in [1.165, 1.54) is 75.0 Å². The Morgan fingerprint density at radius 2 is 1.42 bits per heavy atom. The molecule has 1 N–H and O–H groups in total. The van der Waals surface area contributed by atoms with Gasteiger partial charge in [-0.2, -0.15) is 0 Å². The molecule has 0 spiro atoms. The number of aliphatic hydroxyl groups excluding tert-OH is 1. The molecule has 1 aliphatic carbocycles. The number of ether oxygens (including phenoxy) is 2. The summed E-state index contributed by atoms with van der Waals surface area (Å²) in [7, 11) is 0. The third-order valence-corrected chi connectivity index (χ3v) is 10.4. The predicted molar refractivity (Wildman–Crippen MR) is 204 cm³/mol. The molecule has 3 aromatic carbocycles. The maximum absolute atomic E-state index is 12.4. The van der Waals surface area contributed by atoms with Crippen LogP contribution in [0, 0.1) is 5.92 Å². The molecule has 1 fully saturated rings. The van der Waals surface area contributed by atoms with E-state index in [1.807, 2.05) is 6.07 Å². The highest BCUT2D eigenvalue weighted by molar-refractivity contribution is 5.88. The summed E-state index contributed by atoms with van der Waals surface area (Å²) in [5.41, 5.74) is 8.84. The second-order valence-corrected chi connectivity index (χ2v) is 14.3. The van der Waals surface area contributed by atoms with Gasteiger partial charge in [-0.15, -0.1) is 0 Å². The Kier molecular flexibility index (Phi) is 15.1. The number of hydrogen-bond donors (Lipinski definition) is 1. The predicted octanol–water partition coefficient (Wildman–Crippen LogP) is 10.2. The molecule has 5 heteroatoms. The molecule has 0 heterocycles. The molecule has 1 aliphatic rings. The van der Waals surface area contributed by atoms with Gasteiger partial charge in [-0.25, -0.2) is 9.59 Å². The summed E-state index contributed by atoms with van der Waals surface area (Å²) in [6.07, 6.45) is 12.8. The van der Waals surface area contributed by atoms with Crippen molar-refractivity contribution in [1.82, 2.24) is 0 Å². The second kappa shape index (κ2) is 19.4. The summed E-state index contributed by atoms with van der Waals surface area (Å²) in [5, 5.41) is 9.72. The van der Waals surface area contributed by atoms with Gasteiger partial charge in [-0.05, 0) is 110 Å². The third-order valence-electron chi connectivity index (χ3n) is 10.4. The molecule has 268 valence electrons. The van der Waals surface area contributed by atoms with Gasteiger partial charge in [0.1, 0.15) is 13.2 Å². The smallest absolute Gasteiger partial charge is 0.336 e. The fraction of sp³-hybridized carbons (Fsp3) is 0.467. The van der Waals surface area contributed by atoms with Crippen molar-refractivity contribution in [2.75, 3.05) is 13.2 Å². The van der Waals surface area contributed by atoms with Gasteiger partial charge >= 0.3 is 11.9 Å². The van der Waals surface area contributed by atoms with Crippen LogP contribution in [0.2, 0.25) is 0 Å². The minimum absolute atomic E-state index is 0.0192. The Morgan fingerprint density at radius 3 is 1.98 bits per heavy atom. The van der Waals surface area contributed by atoms with Crippen molar-refractivity contribution >= 4 is 11.9 Å². The summed E-state index contributed by atoms with van der Waals surface area (Å²) in [4.78, 5) is 24.6. The molecule has 2 atom stereocenters. The zero-order chi connectivity index (χ0) is 36.0. The summed E-state index contributed by atoms with van der Waals surface area (Å²) >= 11 is 0. The number of unbranched alkanes of at least 4 members (excludes halogenated alkanes) is 2. The molecule has 5 nitrogen and oxygen atoms in total. The molecule has 3 aromatic rings. The Bertz CT molecular complexity index is 1560. The summed E-state index contributed by atoms with van der Waals surface area (Å²) in [6.45, 7) is 14.7. The first-order valence-corrected chi connectivity index (χ1v) is 18.8. The fourth-order valence-corrected chi connectivity index (χ4v) is 6.98. The van der Waals surface area contributed by atoms with Gasteiger partial charge in [-0.3, -0.25) is 0 Å². The number of carbonyl (C=O) groups excluding carboxylic acids is 2. The molecule has 0 aliphatic heterocycles. The van der Waals surface area contributed by atoms with Gasteiger partial charge in [0, 0.05) is 5.57 Å². The van der Waals surface area contributed by atoms with Crippen LogP contribution in [0.4, 0.5) is 0 Å². The third kappa shape index (κ3) is 11.3. The maximum Gasteiger partial charge on any atom is 0.336 e. The normalized spacial score (nSPS) is 17.1. The van der Waals surface area contributed by atoms with Gasteiger partial charge in [0.2, 0.25) is 0 Å². The lowest BCUT2D eigenvalue weighted by Crippen LogP contribution is -2.22. The highest BCUT2D eigenvalue weighted by Crippen LogP contribution is 2.38. The number of esters is 2. The Morgan fingerprint density at radius 1 is 0.820 bits per heavy atom. The van der Waals surface area contributed by atoms with E-state index in [0.29, 0.717) is 5.57 Å². The van der Waals surface area contributed by atoms with Crippen molar-refractivity contribution in [3.63, 3.8) is 0 Å². The largest absolute Gasteiger partial charge is 0.462 e. The lowest BCUT2D eigenvalue weighted by Gasteiger charge is -2.29. The minimum atomic E-state index is -1.01. The van der Waals surface area contributed by atoms with Gasteiger partial charge in [-0.1, -0.05) is 119 Å². The Hall–Kier alpha value is -3.96. The molecule has 2 unspecified atom stereocenters. The van der Waals surface area contributed by atoms with Crippen LogP contribution in [0.1, 0.15) is 119 Å².